The Balaban J connectivity index is 2.00. The van der Waals surface area contributed by atoms with Crippen LogP contribution in [0.25, 0.3) is 0 Å². The second-order valence-electron chi connectivity index (χ2n) is 5.83. The molecular formula is C18H25O9P. The van der Waals surface area contributed by atoms with Gasteiger partial charge in [0, 0.05) is 13.3 Å². The van der Waals surface area contributed by atoms with E-state index < -0.39 is 38.2 Å². The van der Waals surface area contributed by atoms with Crippen LogP contribution in [0.1, 0.15) is 37.6 Å². The molecule has 10 heteroatoms. The van der Waals surface area contributed by atoms with E-state index >= 15 is 0 Å². The van der Waals surface area contributed by atoms with Crippen molar-refractivity contribution in [3.8, 4) is 0 Å². The van der Waals surface area contributed by atoms with Crippen molar-refractivity contribution in [3.63, 3.8) is 0 Å². The number of esters is 2. The average Bonchev–Trinajstić information content (AvgIpc) is 3.02. The van der Waals surface area contributed by atoms with Crippen LogP contribution >= 0.6 is 7.60 Å². The van der Waals surface area contributed by atoms with Crippen molar-refractivity contribution >= 4 is 19.5 Å². The van der Waals surface area contributed by atoms with E-state index in [0.717, 1.165) is 0 Å². The van der Waals surface area contributed by atoms with Gasteiger partial charge in [0.1, 0.15) is 0 Å². The standard InChI is InChI=1S/C18H25O9P/c1-4-23-28(21,24-5-2)12-22-16-11-15(18(27-16)25-13(3)19)26-17(20)14-9-7-6-8-10-14/h6-10,15-16,18H,4-5,11-12H2,1-3H3/t15-,16-,18+/m0/s1. The largest absolute Gasteiger partial charge is 0.452 e. The Bertz CT molecular complexity index is 684. The van der Waals surface area contributed by atoms with Crippen LogP contribution in [0.2, 0.25) is 0 Å². The molecule has 3 atom stereocenters. The average molecular weight is 416 g/mol. The maximum Gasteiger partial charge on any atom is 0.356 e. The van der Waals surface area contributed by atoms with Crippen LogP contribution in [-0.4, -0.2) is 50.2 Å². The summed E-state index contributed by atoms with van der Waals surface area (Å²) in [5.41, 5.74) is 0.352. The molecule has 9 nitrogen and oxygen atoms in total. The van der Waals surface area contributed by atoms with Crippen molar-refractivity contribution in [2.75, 3.05) is 19.6 Å². The van der Waals surface area contributed by atoms with E-state index in [1.54, 1.807) is 44.2 Å². The van der Waals surface area contributed by atoms with Crippen molar-refractivity contribution in [2.45, 2.75) is 45.9 Å². The quantitative estimate of drug-likeness (QED) is 0.420. The van der Waals surface area contributed by atoms with Crippen molar-refractivity contribution < 1.29 is 42.1 Å². The van der Waals surface area contributed by atoms with Crippen LogP contribution in [0.15, 0.2) is 30.3 Å². The van der Waals surface area contributed by atoms with Gasteiger partial charge in [0.05, 0.1) is 18.8 Å². The third kappa shape index (κ3) is 6.68. The van der Waals surface area contributed by atoms with Gasteiger partial charge in [0.15, 0.2) is 18.7 Å². The normalized spacial score (nSPS) is 22.0. The van der Waals surface area contributed by atoms with Crippen molar-refractivity contribution in [2.24, 2.45) is 0 Å². The second kappa shape index (κ2) is 10.7. The van der Waals surface area contributed by atoms with E-state index in [1.807, 2.05) is 0 Å². The summed E-state index contributed by atoms with van der Waals surface area (Å²) in [6, 6.07) is 8.39. The highest BCUT2D eigenvalue weighted by Gasteiger charge is 2.42. The molecule has 156 valence electrons. The van der Waals surface area contributed by atoms with Crippen LogP contribution in [0.4, 0.5) is 0 Å². The number of hydrogen-bond donors (Lipinski definition) is 0. The smallest absolute Gasteiger partial charge is 0.356 e. The predicted molar refractivity (Wildman–Crippen MR) is 97.5 cm³/mol. The minimum Gasteiger partial charge on any atom is -0.452 e. The SMILES string of the molecule is CCOP(=O)(CO[C@@H]1C[C@H](OC(=O)c2ccccc2)[C@H](OC(C)=O)O1)OCC. The van der Waals surface area contributed by atoms with Crippen molar-refractivity contribution in [1.29, 1.82) is 0 Å². The van der Waals surface area contributed by atoms with Crippen LogP contribution in [0.5, 0.6) is 0 Å². The van der Waals surface area contributed by atoms with Gasteiger partial charge in [0.2, 0.25) is 6.29 Å². The highest BCUT2D eigenvalue weighted by Crippen LogP contribution is 2.48. The molecule has 0 radical (unpaired) electrons. The van der Waals surface area contributed by atoms with Gasteiger partial charge in [-0.25, -0.2) is 4.79 Å². The van der Waals surface area contributed by atoms with Gasteiger partial charge in [0.25, 0.3) is 0 Å². The number of rotatable bonds is 10. The maximum absolute atomic E-state index is 12.5. The van der Waals surface area contributed by atoms with Crippen molar-refractivity contribution in [1.82, 2.24) is 0 Å². The Hall–Kier alpha value is -1.77. The fraction of sp³-hybridized carbons (Fsp3) is 0.556. The van der Waals surface area contributed by atoms with Crippen LogP contribution in [-0.2, 0) is 37.4 Å². The summed E-state index contributed by atoms with van der Waals surface area (Å²) in [7, 11) is -3.43. The molecule has 2 rings (SSSR count). The Labute approximate surface area is 163 Å². The molecule has 0 spiro atoms. The molecule has 0 unspecified atom stereocenters. The molecule has 0 bridgehead atoms. The summed E-state index contributed by atoms with van der Waals surface area (Å²) in [6.45, 7) is 4.98. The Kier molecular flexibility index (Phi) is 8.59. The third-order valence-corrected chi connectivity index (χ3v) is 5.40. The first kappa shape index (κ1) is 22.5. The zero-order valence-electron chi connectivity index (χ0n) is 16.1. The highest BCUT2D eigenvalue weighted by atomic mass is 31.2. The minimum atomic E-state index is -3.43. The van der Waals surface area contributed by atoms with E-state index in [2.05, 4.69) is 0 Å². The molecule has 28 heavy (non-hydrogen) atoms. The summed E-state index contributed by atoms with van der Waals surface area (Å²) in [6.07, 6.45) is -3.17. The van der Waals surface area contributed by atoms with Crippen LogP contribution < -0.4 is 0 Å². The molecule has 0 aromatic heterocycles. The zero-order valence-corrected chi connectivity index (χ0v) is 17.0. The summed E-state index contributed by atoms with van der Waals surface area (Å²) in [5, 5.41) is 0. The fourth-order valence-electron chi connectivity index (χ4n) is 2.53. The summed E-state index contributed by atoms with van der Waals surface area (Å²) >= 11 is 0. The second-order valence-corrected chi connectivity index (χ2v) is 7.83. The molecule has 0 amide bonds. The number of ether oxygens (including phenoxy) is 4. The van der Waals surface area contributed by atoms with E-state index in [4.69, 9.17) is 28.0 Å². The third-order valence-electron chi connectivity index (χ3n) is 3.63. The van der Waals surface area contributed by atoms with Crippen LogP contribution in [0.3, 0.4) is 0 Å². The lowest BCUT2D eigenvalue weighted by Gasteiger charge is -2.19. The molecule has 1 fully saturated rings. The molecule has 1 aliphatic heterocycles. The number of carbonyl (C=O) groups excluding carboxylic acids is 2. The Morgan fingerprint density at radius 1 is 1.11 bits per heavy atom. The highest BCUT2D eigenvalue weighted by molar-refractivity contribution is 7.53. The first-order valence-corrected chi connectivity index (χ1v) is 10.7. The molecule has 0 N–H and O–H groups in total. The predicted octanol–water partition coefficient (Wildman–Crippen LogP) is 3.09. The number of hydrogen-bond acceptors (Lipinski definition) is 9. The number of carbonyl (C=O) groups is 2. The maximum atomic E-state index is 12.5. The summed E-state index contributed by atoms with van der Waals surface area (Å²) in [4.78, 5) is 23.6. The summed E-state index contributed by atoms with van der Waals surface area (Å²) < 4.78 is 44.2. The first-order chi connectivity index (χ1) is 13.4. The minimum absolute atomic E-state index is 0.0920. The summed E-state index contributed by atoms with van der Waals surface area (Å²) in [5.74, 6) is -1.18. The van der Waals surface area contributed by atoms with Gasteiger partial charge in [-0.2, -0.15) is 0 Å². The van der Waals surface area contributed by atoms with Gasteiger partial charge >= 0.3 is 19.5 Å². The lowest BCUT2D eigenvalue weighted by molar-refractivity contribution is -0.213. The van der Waals surface area contributed by atoms with Gasteiger partial charge < -0.3 is 28.0 Å². The topological polar surface area (TPSA) is 107 Å². The van der Waals surface area contributed by atoms with E-state index in [1.165, 1.54) is 6.92 Å². The Morgan fingerprint density at radius 2 is 1.75 bits per heavy atom. The monoisotopic (exact) mass is 416 g/mol. The fourth-order valence-corrected chi connectivity index (χ4v) is 3.89. The lowest BCUT2D eigenvalue weighted by Crippen LogP contribution is -2.31. The molecule has 0 aliphatic carbocycles. The van der Waals surface area contributed by atoms with Gasteiger partial charge in [-0.3, -0.25) is 9.36 Å². The van der Waals surface area contributed by atoms with Gasteiger partial charge in [-0.1, -0.05) is 18.2 Å². The van der Waals surface area contributed by atoms with E-state index in [9.17, 15) is 14.2 Å². The molecule has 1 saturated heterocycles. The number of benzene rings is 1. The molecule has 1 heterocycles. The first-order valence-electron chi connectivity index (χ1n) is 8.95. The molecule has 1 aromatic rings. The van der Waals surface area contributed by atoms with Gasteiger partial charge in [-0.15, -0.1) is 0 Å². The van der Waals surface area contributed by atoms with E-state index in [0.29, 0.717) is 5.56 Å². The van der Waals surface area contributed by atoms with Crippen LogP contribution in [0, 0.1) is 0 Å². The molecule has 1 aliphatic rings. The molecule has 1 aromatic carbocycles. The lowest BCUT2D eigenvalue weighted by atomic mass is 10.2. The van der Waals surface area contributed by atoms with Gasteiger partial charge in [-0.05, 0) is 26.0 Å². The van der Waals surface area contributed by atoms with E-state index in [-0.39, 0.29) is 26.0 Å². The zero-order chi connectivity index (χ0) is 20.6. The Morgan fingerprint density at radius 3 is 2.32 bits per heavy atom. The molecular weight excluding hydrogens is 391 g/mol. The molecule has 0 saturated carbocycles. The van der Waals surface area contributed by atoms with Crippen molar-refractivity contribution in [3.05, 3.63) is 35.9 Å².